The Labute approximate surface area is 160 Å². The van der Waals surface area contributed by atoms with Gasteiger partial charge in [0.2, 0.25) is 0 Å². The van der Waals surface area contributed by atoms with E-state index in [4.69, 9.17) is 4.74 Å². The van der Waals surface area contributed by atoms with Crippen molar-refractivity contribution in [1.29, 1.82) is 0 Å². The first kappa shape index (κ1) is 19.2. The summed E-state index contributed by atoms with van der Waals surface area (Å²) in [5.41, 5.74) is 1.05. The lowest BCUT2D eigenvalue weighted by Crippen LogP contribution is -2.37. The summed E-state index contributed by atoms with van der Waals surface area (Å²) in [7, 11) is 0. The highest BCUT2D eigenvalue weighted by molar-refractivity contribution is 6.08. The van der Waals surface area contributed by atoms with Crippen LogP contribution in [0.2, 0.25) is 0 Å². The Morgan fingerprint density at radius 3 is 2.43 bits per heavy atom. The van der Waals surface area contributed by atoms with Crippen molar-refractivity contribution >= 4 is 28.7 Å². The molecule has 0 spiro atoms. The van der Waals surface area contributed by atoms with Gasteiger partial charge in [-0.15, -0.1) is 0 Å². The molecule has 0 unspecified atom stereocenters. The van der Waals surface area contributed by atoms with Gasteiger partial charge < -0.3 is 15.0 Å². The van der Waals surface area contributed by atoms with Crippen molar-refractivity contribution in [3.63, 3.8) is 0 Å². The summed E-state index contributed by atoms with van der Waals surface area (Å²) in [6.07, 6.45) is 0. The van der Waals surface area contributed by atoms with Gasteiger partial charge in [-0.05, 0) is 19.1 Å². The molecule has 1 aliphatic heterocycles. The van der Waals surface area contributed by atoms with E-state index in [1.807, 2.05) is 4.90 Å². The molecule has 0 atom stereocenters. The maximum absolute atomic E-state index is 12.9. The molecule has 10 nitrogen and oxygen atoms in total. The molecule has 10 heteroatoms. The first-order chi connectivity index (χ1) is 13.4. The Hall–Kier alpha value is -3.53. The Bertz CT molecular complexity index is 940. The smallest absolute Gasteiger partial charge is 0.274 e. The lowest BCUT2D eigenvalue weighted by atomic mass is 10.1. The van der Waals surface area contributed by atoms with Crippen LogP contribution in [0.5, 0.6) is 0 Å². The van der Waals surface area contributed by atoms with Gasteiger partial charge >= 0.3 is 0 Å². The number of benzene rings is 2. The van der Waals surface area contributed by atoms with Crippen LogP contribution in [-0.2, 0) is 4.74 Å². The number of hydrogen-bond donors (Lipinski definition) is 1. The number of ether oxygens (including phenoxy) is 1. The van der Waals surface area contributed by atoms with E-state index in [1.54, 1.807) is 13.0 Å². The number of nitrogens with one attached hydrogen (secondary N) is 1. The molecule has 0 saturated carbocycles. The normalized spacial score (nSPS) is 13.8. The maximum Gasteiger partial charge on any atom is 0.274 e. The topological polar surface area (TPSA) is 128 Å². The second kappa shape index (κ2) is 8.01. The summed E-state index contributed by atoms with van der Waals surface area (Å²) in [4.78, 5) is 35.9. The van der Waals surface area contributed by atoms with Gasteiger partial charge in [-0.1, -0.05) is 6.07 Å². The number of amides is 1. The van der Waals surface area contributed by atoms with Crippen LogP contribution in [0, 0.1) is 27.2 Å². The number of carbonyl (C=O) groups excluding carboxylic acids is 1. The molecular weight excluding hydrogens is 368 g/mol. The van der Waals surface area contributed by atoms with E-state index in [0.29, 0.717) is 37.6 Å². The summed E-state index contributed by atoms with van der Waals surface area (Å²) in [6.45, 7) is 3.67. The zero-order valence-electron chi connectivity index (χ0n) is 15.1. The van der Waals surface area contributed by atoms with E-state index in [-0.39, 0.29) is 22.6 Å². The molecule has 0 aromatic heterocycles. The molecule has 2 aromatic rings. The van der Waals surface area contributed by atoms with Crippen LogP contribution in [0.4, 0.5) is 22.7 Å². The van der Waals surface area contributed by atoms with Crippen molar-refractivity contribution in [2.45, 2.75) is 6.92 Å². The van der Waals surface area contributed by atoms with E-state index in [2.05, 4.69) is 5.32 Å². The maximum atomic E-state index is 12.9. The molecule has 28 heavy (non-hydrogen) atoms. The molecule has 1 saturated heterocycles. The fourth-order valence-corrected chi connectivity index (χ4v) is 2.98. The van der Waals surface area contributed by atoms with Gasteiger partial charge in [0.05, 0.1) is 34.3 Å². The van der Waals surface area contributed by atoms with Gasteiger partial charge in [0.15, 0.2) is 0 Å². The second-order valence-electron chi connectivity index (χ2n) is 6.27. The third-order valence-corrected chi connectivity index (χ3v) is 4.45. The number of anilines is 2. The fraction of sp³-hybridized carbons (Fsp3) is 0.278. The van der Waals surface area contributed by atoms with Crippen LogP contribution in [0.15, 0.2) is 36.4 Å². The Morgan fingerprint density at radius 2 is 1.79 bits per heavy atom. The molecule has 0 bridgehead atoms. The molecule has 1 heterocycles. The van der Waals surface area contributed by atoms with Gasteiger partial charge in [-0.3, -0.25) is 25.0 Å². The number of nitrogens with zero attached hydrogens (tertiary/aromatic N) is 3. The van der Waals surface area contributed by atoms with Crippen LogP contribution in [-0.4, -0.2) is 42.1 Å². The number of nitro benzene ring substituents is 2. The minimum atomic E-state index is -0.580. The average Bonchev–Trinajstić information content (AvgIpc) is 2.69. The summed E-state index contributed by atoms with van der Waals surface area (Å²) in [5.74, 6) is -0.580. The highest BCUT2D eigenvalue weighted by Crippen LogP contribution is 2.28. The second-order valence-corrected chi connectivity index (χ2v) is 6.27. The molecular formula is C18H18N4O6. The number of carbonyl (C=O) groups is 1. The van der Waals surface area contributed by atoms with Gasteiger partial charge in [-0.25, -0.2) is 0 Å². The predicted molar refractivity (Wildman–Crippen MR) is 102 cm³/mol. The Kier molecular flexibility index (Phi) is 5.50. The Morgan fingerprint density at radius 1 is 1.07 bits per heavy atom. The van der Waals surface area contributed by atoms with Gasteiger partial charge in [0, 0.05) is 42.5 Å². The van der Waals surface area contributed by atoms with Crippen LogP contribution >= 0.6 is 0 Å². The van der Waals surface area contributed by atoms with Crippen LogP contribution in [0.25, 0.3) is 0 Å². The van der Waals surface area contributed by atoms with Gasteiger partial charge in [-0.2, -0.15) is 0 Å². The van der Waals surface area contributed by atoms with Crippen molar-refractivity contribution in [3.8, 4) is 0 Å². The van der Waals surface area contributed by atoms with Crippen molar-refractivity contribution in [2.24, 2.45) is 0 Å². The van der Waals surface area contributed by atoms with E-state index in [0.717, 1.165) is 0 Å². The minimum Gasteiger partial charge on any atom is -0.378 e. The molecule has 1 N–H and O–H groups in total. The summed E-state index contributed by atoms with van der Waals surface area (Å²) in [5, 5.41) is 24.9. The molecule has 0 aliphatic carbocycles. The SMILES string of the molecule is Cc1ccc(NC(=O)c2cc([N+](=O)[O-])ccc2N2CCOCC2)cc1[N+](=O)[O-]. The zero-order valence-corrected chi connectivity index (χ0v) is 15.1. The van der Waals surface area contributed by atoms with E-state index in [9.17, 15) is 25.0 Å². The quantitative estimate of drug-likeness (QED) is 0.618. The lowest BCUT2D eigenvalue weighted by molar-refractivity contribution is -0.385. The zero-order chi connectivity index (χ0) is 20.3. The monoisotopic (exact) mass is 386 g/mol. The summed E-state index contributed by atoms with van der Waals surface area (Å²) in [6, 6.07) is 8.44. The molecule has 1 fully saturated rings. The lowest BCUT2D eigenvalue weighted by Gasteiger charge is -2.30. The molecule has 0 radical (unpaired) electrons. The van der Waals surface area contributed by atoms with Crippen molar-refractivity contribution in [2.75, 3.05) is 36.5 Å². The van der Waals surface area contributed by atoms with Gasteiger partial charge in [0.25, 0.3) is 17.3 Å². The van der Waals surface area contributed by atoms with E-state index in [1.165, 1.54) is 30.3 Å². The van der Waals surface area contributed by atoms with Crippen LogP contribution < -0.4 is 10.2 Å². The first-order valence-electron chi connectivity index (χ1n) is 8.54. The summed E-state index contributed by atoms with van der Waals surface area (Å²) >= 11 is 0. The fourth-order valence-electron chi connectivity index (χ4n) is 2.98. The average molecular weight is 386 g/mol. The van der Waals surface area contributed by atoms with E-state index >= 15 is 0 Å². The third kappa shape index (κ3) is 4.07. The number of aryl methyl sites for hydroxylation is 1. The third-order valence-electron chi connectivity index (χ3n) is 4.45. The van der Waals surface area contributed by atoms with Crippen LogP contribution in [0.1, 0.15) is 15.9 Å². The number of non-ortho nitro benzene ring substituents is 1. The van der Waals surface area contributed by atoms with Crippen molar-refractivity contribution < 1.29 is 19.4 Å². The highest BCUT2D eigenvalue weighted by Gasteiger charge is 2.23. The van der Waals surface area contributed by atoms with Gasteiger partial charge in [0.1, 0.15) is 0 Å². The summed E-state index contributed by atoms with van der Waals surface area (Å²) < 4.78 is 5.31. The number of hydrogen-bond acceptors (Lipinski definition) is 7. The number of nitro groups is 2. The Balaban J connectivity index is 1.95. The minimum absolute atomic E-state index is 0.120. The molecule has 2 aromatic carbocycles. The molecule has 146 valence electrons. The highest BCUT2D eigenvalue weighted by atomic mass is 16.6. The van der Waals surface area contributed by atoms with E-state index < -0.39 is 15.8 Å². The van der Waals surface area contributed by atoms with Crippen molar-refractivity contribution in [1.82, 2.24) is 0 Å². The molecule has 3 rings (SSSR count). The number of morpholine rings is 1. The molecule has 1 amide bonds. The first-order valence-corrected chi connectivity index (χ1v) is 8.54. The van der Waals surface area contributed by atoms with Crippen LogP contribution in [0.3, 0.4) is 0 Å². The predicted octanol–water partition coefficient (Wildman–Crippen LogP) is 2.90. The number of rotatable bonds is 5. The largest absolute Gasteiger partial charge is 0.378 e. The van der Waals surface area contributed by atoms with Crippen molar-refractivity contribution in [3.05, 3.63) is 67.8 Å². The standard InChI is InChI=1S/C18H18N4O6/c1-12-2-3-13(10-17(12)22(26)27)19-18(23)15-11-14(21(24)25)4-5-16(15)20-6-8-28-9-7-20/h2-5,10-11H,6-9H2,1H3,(H,19,23). The molecule has 1 aliphatic rings.